The Bertz CT molecular complexity index is 637. The van der Waals surface area contributed by atoms with E-state index in [-0.39, 0.29) is 5.92 Å². The molecule has 5 atom stereocenters. The van der Waals surface area contributed by atoms with Crippen LogP contribution in [0.15, 0.2) is 46.6 Å². The highest BCUT2D eigenvalue weighted by Crippen LogP contribution is 2.34. The maximum Gasteiger partial charge on any atom is 0.122 e. The number of hydrogen-bond acceptors (Lipinski definition) is 1. The van der Waals surface area contributed by atoms with Crippen molar-refractivity contribution in [3.05, 3.63) is 46.6 Å². The van der Waals surface area contributed by atoms with Crippen LogP contribution >= 0.6 is 9.24 Å². The van der Waals surface area contributed by atoms with Gasteiger partial charge in [0.15, 0.2) is 0 Å². The molecule has 1 aliphatic carbocycles. The third kappa shape index (κ3) is 10.9. The van der Waals surface area contributed by atoms with Crippen molar-refractivity contribution in [1.82, 2.24) is 0 Å². The molecule has 0 fully saturated rings. The third-order valence-electron chi connectivity index (χ3n) is 6.82. The highest BCUT2D eigenvalue weighted by Gasteiger charge is 2.21. The smallest absolute Gasteiger partial charge is 0.122 e. The Labute approximate surface area is 189 Å². The molecule has 170 valence electrons. The van der Waals surface area contributed by atoms with Crippen molar-refractivity contribution in [2.45, 2.75) is 105 Å². The fourth-order valence-corrected chi connectivity index (χ4v) is 4.63. The summed E-state index contributed by atoms with van der Waals surface area (Å²) in [6.07, 6.45) is 21.2. The number of aldehydes is 1. The van der Waals surface area contributed by atoms with Crippen LogP contribution in [0, 0.1) is 17.8 Å². The monoisotopic (exact) mass is 430 g/mol. The molecule has 0 heterocycles. The Hall–Kier alpha value is -0.940. The summed E-state index contributed by atoms with van der Waals surface area (Å²) in [5, 5.41) is 0. The van der Waals surface area contributed by atoms with Crippen LogP contribution in [0.3, 0.4) is 0 Å². The van der Waals surface area contributed by atoms with Crippen LogP contribution < -0.4 is 0 Å². The van der Waals surface area contributed by atoms with Gasteiger partial charge in [0.25, 0.3) is 0 Å². The highest BCUT2D eigenvalue weighted by atomic mass is 31.0. The van der Waals surface area contributed by atoms with Crippen molar-refractivity contribution in [3.8, 4) is 0 Å². The first-order chi connectivity index (χ1) is 14.2. The quantitative estimate of drug-likeness (QED) is 0.153. The summed E-state index contributed by atoms with van der Waals surface area (Å²) >= 11 is 0. The van der Waals surface area contributed by atoms with Crippen LogP contribution in [-0.4, -0.2) is 11.9 Å². The number of rotatable bonds is 14. The molecule has 0 aromatic heterocycles. The van der Waals surface area contributed by atoms with Crippen molar-refractivity contribution >= 4 is 15.5 Å². The molecule has 0 radical (unpaired) electrons. The summed E-state index contributed by atoms with van der Waals surface area (Å²) < 4.78 is 0. The van der Waals surface area contributed by atoms with E-state index in [1.54, 1.807) is 11.1 Å². The molecule has 1 aliphatic rings. The Morgan fingerprint density at radius 1 is 1.03 bits per heavy atom. The normalized spacial score (nSPS) is 22.4. The van der Waals surface area contributed by atoms with Crippen LogP contribution in [0.4, 0.5) is 0 Å². The maximum atomic E-state index is 10.7. The summed E-state index contributed by atoms with van der Waals surface area (Å²) in [4.78, 5) is 10.7. The van der Waals surface area contributed by atoms with Crippen molar-refractivity contribution in [3.63, 3.8) is 0 Å². The fourth-order valence-electron chi connectivity index (χ4n) is 4.05. The van der Waals surface area contributed by atoms with E-state index in [0.717, 1.165) is 37.9 Å². The van der Waals surface area contributed by atoms with E-state index in [2.05, 4.69) is 68.2 Å². The van der Waals surface area contributed by atoms with Crippen molar-refractivity contribution in [2.24, 2.45) is 17.8 Å². The molecule has 2 heteroatoms. The molecule has 0 bridgehead atoms. The van der Waals surface area contributed by atoms with E-state index in [0.29, 0.717) is 11.6 Å². The molecular weight excluding hydrogens is 383 g/mol. The zero-order chi connectivity index (χ0) is 22.5. The second-order valence-electron chi connectivity index (χ2n) is 9.83. The lowest BCUT2D eigenvalue weighted by molar-refractivity contribution is -0.110. The molecule has 0 aliphatic heterocycles. The predicted octanol–water partition coefficient (Wildman–Crippen LogP) is 8.63. The summed E-state index contributed by atoms with van der Waals surface area (Å²) in [7, 11) is 3.07. The second-order valence-corrected chi connectivity index (χ2v) is 10.6. The molecule has 0 amide bonds. The van der Waals surface area contributed by atoms with Gasteiger partial charge in [-0.25, -0.2) is 0 Å². The standard InChI is InChI=1S/C28H47OP/c1-21(10-7-11-22(2)13-9-15-24(4)20-29)12-8-14-23(3)16-18-27-19-17-25(5)26(6)28(27)30/h10,13,17,19-20,23-24,26,28H,7-9,11-12,14-16,18,30H2,1-6H3/b21-10+,22-13+. The molecule has 0 aromatic rings. The van der Waals surface area contributed by atoms with Crippen LogP contribution in [0.25, 0.3) is 0 Å². The summed E-state index contributed by atoms with van der Waals surface area (Å²) in [5.74, 6) is 1.65. The molecular formula is C28H47OP. The summed E-state index contributed by atoms with van der Waals surface area (Å²) in [5.41, 5.74) is 6.74. The Balaban J connectivity index is 2.21. The van der Waals surface area contributed by atoms with Crippen molar-refractivity contribution in [2.75, 3.05) is 0 Å². The van der Waals surface area contributed by atoms with Gasteiger partial charge in [-0.15, -0.1) is 9.24 Å². The first-order valence-electron chi connectivity index (χ1n) is 12.1. The number of carbonyl (C=O) groups is 1. The third-order valence-corrected chi connectivity index (χ3v) is 7.82. The Kier molecular flexibility index (Phi) is 13.5. The predicted molar refractivity (Wildman–Crippen MR) is 138 cm³/mol. The first-order valence-corrected chi connectivity index (χ1v) is 12.8. The average Bonchev–Trinajstić information content (AvgIpc) is 2.71. The molecule has 0 saturated heterocycles. The van der Waals surface area contributed by atoms with Gasteiger partial charge in [-0.05, 0) is 84.0 Å². The van der Waals surface area contributed by atoms with E-state index in [1.165, 1.54) is 43.3 Å². The van der Waals surface area contributed by atoms with Gasteiger partial charge < -0.3 is 4.79 Å². The van der Waals surface area contributed by atoms with E-state index in [1.807, 2.05) is 6.92 Å². The number of hydrogen-bond donors (Lipinski definition) is 0. The molecule has 0 saturated carbocycles. The van der Waals surface area contributed by atoms with Gasteiger partial charge in [-0.3, -0.25) is 0 Å². The van der Waals surface area contributed by atoms with Gasteiger partial charge in [-0.1, -0.05) is 73.8 Å². The molecule has 0 spiro atoms. The maximum absolute atomic E-state index is 10.7. The lowest BCUT2D eigenvalue weighted by Gasteiger charge is -2.27. The minimum atomic E-state index is 0.185. The van der Waals surface area contributed by atoms with E-state index in [4.69, 9.17) is 0 Å². The van der Waals surface area contributed by atoms with Gasteiger partial charge >= 0.3 is 0 Å². The zero-order valence-corrected chi connectivity index (χ0v) is 21.7. The molecule has 30 heavy (non-hydrogen) atoms. The minimum absolute atomic E-state index is 0.185. The van der Waals surface area contributed by atoms with Crippen molar-refractivity contribution < 1.29 is 4.79 Å². The second kappa shape index (κ2) is 15.0. The SMILES string of the molecule is CC1=CC=C(CCC(C)CCC/C(C)=C/CC/C(C)=C/CCC(C)C=O)C(P)C1C. The van der Waals surface area contributed by atoms with E-state index >= 15 is 0 Å². The van der Waals surface area contributed by atoms with Gasteiger partial charge in [0.1, 0.15) is 6.29 Å². The van der Waals surface area contributed by atoms with Crippen molar-refractivity contribution in [1.29, 1.82) is 0 Å². The lowest BCUT2D eigenvalue weighted by Crippen LogP contribution is -2.18. The fraction of sp³-hybridized carbons (Fsp3) is 0.679. The molecule has 0 aromatic carbocycles. The summed E-state index contributed by atoms with van der Waals surface area (Å²) in [6.45, 7) is 13.5. The Morgan fingerprint density at radius 3 is 2.40 bits per heavy atom. The minimum Gasteiger partial charge on any atom is -0.303 e. The average molecular weight is 431 g/mol. The largest absolute Gasteiger partial charge is 0.303 e. The van der Waals surface area contributed by atoms with Gasteiger partial charge in [0, 0.05) is 11.6 Å². The van der Waals surface area contributed by atoms with Crippen LogP contribution in [-0.2, 0) is 4.79 Å². The molecule has 0 N–H and O–H groups in total. The zero-order valence-electron chi connectivity index (χ0n) is 20.5. The topological polar surface area (TPSA) is 17.1 Å². The van der Waals surface area contributed by atoms with E-state index < -0.39 is 0 Å². The van der Waals surface area contributed by atoms with Crippen LogP contribution in [0.5, 0.6) is 0 Å². The summed E-state index contributed by atoms with van der Waals surface area (Å²) in [6, 6.07) is 0. The van der Waals surface area contributed by atoms with Gasteiger partial charge in [-0.2, -0.15) is 0 Å². The molecule has 5 unspecified atom stereocenters. The molecule has 1 nitrogen and oxygen atoms in total. The van der Waals surface area contributed by atoms with Gasteiger partial charge in [0.05, 0.1) is 0 Å². The van der Waals surface area contributed by atoms with E-state index in [9.17, 15) is 4.79 Å². The number of allylic oxidation sites excluding steroid dienone is 8. The first kappa shape index (κ1) is 27.1. The highest BCUT2D eigenvalue weighted by molar-refractivity contribution is 7.18. The lowest BCUT2D eigenvalue weighted by atomic mass is 9.85. The Morgan fingerprint density at radius 2 is 1.70 bits per heavy atom. The molecule has 1 rings (SSSR count). The van der Waals surface area contributed by atoms with Crippen LogP contribution in [0.1, 0.15) is 99.3 Å². The van der Waals surface area contributed by atoms with Crippen LogP contribution in [0.2, 0.25) is 0 Å². The van der Waals surface area contributed by atoms with Gasteiger partial charge in [0.2, 0.25) is 0 Å². The number of carbonyl (C=O) groups excluding carboxylic acids is 1.